The predicted molar refractivity (Wildman–Crippen MR) is 68.2 cm³/mol. The smallest absolute Gasteiger partial charge is 0.328 e. The molecule has 1 aromatic rings. The highest BCUT2D eigenvalue weighted by molar-refractivity contribution is 6.29. The average molecular weight is 268 g/mol. The van der Waals surface area contributed by atoms with E-state index in [1.807, 2.05) is 19.9 Å². The molecule has 0 saturated heterocycles. The Balaban J connectivity index is 2.98. The molecule has 1 atom stereocenters. The molecule has 1 heterocycles. The van der Waals surface area contributed by atoms with Crippen molar-refractivity contribution >= 4 is 23.4 Å². The van der Waals surface area contributed by atoms with Crippen molar-refractivity contribution in [3.05, 3.63) is 22.8 Å². The standard InChI is InChI=1S/C12H14ClN3O2/c1-7(2)11(12(17)18-3)16-10-5-8(6-14)4-9(13)15-10/h4-5,7,11H,1-3H3,(H,15,16). The highest BCUT2D eigenvalue weighted by Crippen LogP contribution is 2.17. The molecule has 6 heteroatoms. The summed E-state index contributed by atoms with van der Waals surface area (Å²) in [5, 5.41) is 12.0. The number of hydrogen-bond acceptors (Lipinski definition) is 5. The topological polar surface area (TPSA) is 75.0 Å². The zero-order chi connectivity index (χ0) is 13.7. The highest BCUT2D eigenvalue weighted by Gasteiger charge is 2.23. The lowest BCUT2D eigenvalue weighted by molar-refractivity contribution is -0.142. The number of halogens is 1. The van der Waals surface area contributed by atoms with Crippen LogP contribution in [0.1, 0.15) is 19.4 Å². The van der Waals surface area contributed by atoms with E-state index in [1.165, 1.54) is 19.2 Å². The molecule has 0 aromatic carbocycles. The third-order valence-electron chi connectivity index (χ3n) is 2.35. The summed E-state index contributed by atoms with van der Waals surface area (Å²) < 4.78 is 4.71. The second-order valence-corrected chi connectivity index (χ2v) is 4.45. The van der Waals surface area contributed by atoms with Crippen LogP contribution in [0.4, 0.5) is 5.82 Å². The van der Waals surface area contributed by atoms with Gasteiger partial charge in [-0.1, -0.05) is 25.4 Å². The van der Waals surface area contributed by atoms with Crippen molar-refractivity contribution < 1.29 is 9.53 Å². The molecule has 0 spiro atoms. The zero-order valence-electron chi connectivity index (χ0n) is 10.4. The minimum atomic E-state index is -0.535. The molecule has 0 bridgehead atoms. The molecule has 1 N–H and O–H groups in total. The lowest BCUT2D eigenvalue weighted by atomic mass is 10.0. The van der Waals surface area contributed by atoms with Gasteiger partial charge in [0.25, 0.3) is 0 Å². The number of rotatable bonds is 4. The van der Waals surface area contributed by atoms with Crippen molar-refractivity contribution in [3.8, 4) is 6.07 Å². The van der Waals surface area contributed by atoms with Gasteiger partial charge in [0.05, 0.1) is 18.7 Å². The Morgan fingerprint density at radius 2 is 2.22 bits per heavy atom. The molecule has 1 rings (SSSR count). The Morgan fingerprint density at radius 1 is 1.56 bits per heavy atom. The van der Waals surface area contributed by atoms with Gasteiger partial charge in [0.15, 0.2) is 0 Å². The largest absolute Gasteiger partial charge is 0.467 e. The second-order valence-electron chi connectivity index (χ2n) is 4.06. The van der Waals surface area contributed by atoms with Crippen LogP contribution in [0, 0.1) is 17.2 Å². The number of carbonyl (C=O) groups is 1. The number of anilines is 1. The van der Waals surface area contributed by atoms with Crippen LogP contribution in [0.3, 0.4) is 0 Å². The molecule has 0 amide bonds. The van der Waals surface area contributed by atoms with Crippen molar-refractivity contribution in [2.45, 2.75) is 19.9 Å². The number of aromatic nitrogens is 1. The molecule has 0 aliphatic rings. The van der Waals surface area contributed by atoms with Gasteiger partial charge in [-0.05, 0) is 18.1 Å². The van der Waals surface area contributed by atoms with E-state index >= 15 is 0 Å². The van der Waals surface area contributed by atoms with Gasteiger partial charge >= 0.3 is 5.97 Å². The fourth-order valence-corrected chi connectivity index (χ4v) is 1.63. The van der Waals surface area contributed by atoms with Crippen LogP contribution in [-0.2, 0) is 9.53 Å². The van der Waals surface area contributed by atoms with Crippen LogP contribution >= 0.6 is 11.6 Å². The Bertz CT molecular complexity index is 483. The van der Waals surface area contributed by atoms with Crippen molar-refractivity contribution in [1.82, 2.24) is 4.98 Å². The van der Waals surface area contributed by atoms with Crippen LogP contribution in [0.15, 0.2) is 12.1 Å². The summed E-state index contributed by atoms with van der Waals surface area (Å²) >= 11 is 5.79. The number of carbonyl (C=O) groups excluding carboxylic acids is 1. The lowest BCUT2D eigenvalue weighted by Gasteiger charge is -2.20. The van der Waals surface area contributed by atoms with Gasteiger partial charge in [0.2, 0.25) is 0 Å². The maximum Gasteiger partial charge on any atom is 0.328 e. The van der Waals surface area contributed by atoms with Crippen molar-refractivity contribution in [1.29, 1.82) is 5.26 Å². The van der Waals surface area contributed by atoms with E-state index in [0.29, 0.717) is 11.4 Å². The monoisotopic (exact) mass is 267 g/mol. The first-order valence-corrected chi connectivity index (χ1v) is 5.77. The summed E-state index contributed by atoms with van der Waals surface area (Å²) in [4.78, 5) is 15.6. The fourth-order valence-electron chi connectivity index (χ4n) is 1.42. The van der Waals surface area contributed by atoms with Crippen molar-refractivity contribution in [3.63, 3.8) is 0 Å². The van der Waals surface area contributed by atoms with E-state index in [9.17, 15) is 4.79 Å². The SMILES string of the molecule is COC(=O)C(Nc1cc(C#N)cc(Cl)n1)C(C)C. The molecular weight excluding hydrogens is 254 g/mol. The van der Waals surface area contributed by atoms with Gasteiger partial charge in [-0.15, -0.1) is 0 Å². The summed E-state index contributed by atoms with van der Waals surface area (Å²) in [6.45, 7) is 3.76. The van der Waals surface area contributed by atoms with E-state index in [0.717, 1.165) is 0 Å². The number of methoxy groups -OCH3 is 1. The Hall–Kier alpha value is -1.80. The summed E-state index contributed by atoms with van der Waals surface area (Å²) in [6, 6.07) is 4.42. The third-order valence-corrected chi connectivity index (χ3v) is 2.54. The number of hydrogen-bond donors (Lipinski definition) is 1. The Morgan fingerprint density at radius 3 is 2.72 bits per heavy atom. The van der Waals surface area contributed by atoms with Gasteiger partial charge < -0.3 is 10.1 Å². The molecule has 96 valence electrons. The zero-order valence-corrected chi connectivity index (χ0v) is 11.2. The molecule has 1 unspecified atom stereocenters. The predicted octanol–water partition coefficient (Wildman–Crippen LogP) is 2.22. The van der Waals surface area contributed by atoms with Gasteiger partial charge in [-0.2, -0.15) is 5.26 Å². The van der Waals surface area contributed by atoms with Crippen molar-refractivity contribution in [2.24, 2.45) is 5.92 Å². The number of nitrogens with zero attached hydrogens (tertiary/aromatic N) is 2. The number of nitrogens with one attached hydrogen (secondary N) is 1. The minimum absolute atomic E-state index is 0.0174. The molecule has 5 nitrogen and oxygen atoms in total. The molecule has 0 fully saturated rings. The Kier molecular flexibility index (Phi) is 4.93. The fraction of sp³-hybridized carbons (Fsp3) is 0.417. The van der Waals surface area contributed by atoms with Crippen LogP contribution in [0.2, 0.25) is 5.15 Å². The van der Waals surface area contributed by atoms with Crippen LogP contribution in [0.25, 0.3) is 0 Å². The molecule has 0 radical (unpaired) electrons. The first-order chi connectivity index (χ1) is 8.47. The molecular formula is C12H14ClN3O2. The lowest BCUT2D eigenvalue weighted by Crippen LogP contribution is -2.35. The number of esters is 1. The number of ether oxygens (including phenoxy) is 1. The van der Waals surface area contributed by atoms with E-state index in [-0.39, 0.29) is 17.0 Å². The summed E-state index contributed by atoms with van der Waals surface area (Å²) in [7, 11) is 1.32. The first-order valence-electron chi connectivity index (χ1n) is 5.40. The summed E-state index contributed by atoms with van der Waals surface area (Å²) in [6.07, 6.45) is 0. The van der Waals surface area contributed by atoms with E-state index in [1.54, 1.807) is 0 Å². The Labute approximate surface area is 111 Å². The highest BCUT2D eigenvalue weighted by atomic mass is 35.5. The number of pyridine rings is 1. The number of nitriles is 1. The van der Waals surface area contributed by atoms with E-state index in [4.69, 9.17) is 21.6 Å². The molecule has 18 heavy (non-hydrogen) atoms. The average Bonchev–Trinajstić information content (AvgIpc) is 2.34. The van der Waals surface area contributed by atoms with Gasteiger partial charge in [-0.3, -0.25) is 0 Å². The second kappa shape index (κ2) is 6.22. The molecule has 0 aliphatic heterocycles. The third kappa shape index (κ3) is 3.60. The van der Waals surface area contributed by atoms with Crippen LogP contribution in [0.5, 0.6) is 0 Å². The van der Waals surface area contributed by atoms with Gasteiger partial charge in [0.1, 0.15) is 17.0 Å². The van der Waals surface area contributed by atoms with Gasteiger partial charge in [-0.25, -0.2) is 9.78 Å². The molecule has 0 saturated carbocycles. The maximum atomic E-state index is 11.6. The minimum Gasteiger partial charge on any atom is -0.467 e. The van der Waals surface area contributed by atoms with Crippen LogP contribution in [-0.4, -0.2) is 24.1 Å². The van der Waals surface area contributed by atoms with Gasteiger partial charge in [0, 0.05) is 0 Å². The molecule has 1 aromatic heterocycles. The van der Waals surface area contributed by atoms with Crippen molar-refractivity contribution in [2.75, 3.05) is 12.4 Å². The van der Waals surface area contributed by atoms with Crippen LogP contribution < -0.4 is 5.32 Å². The normalized spacial score (nSPS) is 11.8. The quantitative estimate of drug-likeness (QED) is 0.669. The summed E-state index contributed by atoms with van der Waals surface area (Å²) in [5.74, 6) is 0.0113. The van der Waals surface area contributed by atoms with E-state index in [2.05, 4.69) is 10.3 Å². The molecule has 0 aliphatic carbocycles. The van der Waals surface area contributed by atoms with E-state index < -0.39 is 6.04 Å². The maximum absolute atomic E-state index is 11.6. The summed E-state index contributed by atoms with van der Waals surface area (Å²) in [5.41, 5.74) is 0.380. The first kappa shape index (κ1) is 14.3.